The summed E-state index contributed by atoms with van der Waals surface area (Å²) in [5.74, 6) is 0.902. The van der Waals surface area contributed by atoms with Crippen molar-refractivity contribution in [2.75, 3.05) is 92.5 Å². The van der Waals surface area contributed by atoms with Gasteiger partial charge in [0.1, 0.15) is 6.61 Å². The summed E-state index contributed by atoms with van der Waals surface area (Å²) >= 11 is 0. The van der Waals surface area contributed by atoms with Gasteiger partial charge in [0.15, 0.2) is 0 Å². The Morgan fingerprint density at radius 1 is 0.645 bits per heavy atom. The van der Waals surface area contributed by atoms with E-state index in [0.717, 1.165) is 12.8 Å². The molecular formula is C22H38O9. The summed E-state index contributed by atoms with van der Waals surface area (Å²) < 4.78 is 37.3. The van der Waals surface area contributed by atoms with Gasteiger partial charge in [-0.3, -0.25) is 4.79 Å². The van der Waals surface area contributed by atoms with Crippen LogP contribution in [0.5, 0.6) is 0 Å². The van der Waals surface area contributed by atoms with Gasteiger partial charge in [-0.2, -0.15) is 0 Å². The normalized spacial score (nSPS) is 21.8. The Labute approximate surface area is 184 Å². The van der Waals surface area contributed by atoms with Crippen LogP contribution in [-0.4, -0.2) is 104 Å². The van der Waals surface area contributed by atoms with Crippen LogP contribution in [0.15, 0.2) is 12.2 Å². The van der Waals surface area contributed by atoms with Crippen LogP contribution in [0, 0.1) is 17.8 Å². The third-order valence-corrected chi connectivity index (χ3v) is 5.15. The highest BCUT2D eigenvalue weighted by Crippen LogP contribution is 2.43. The fourth-order valence-corrected chi connectivity index (χ4v) is 3.63. The van der Waals surface area contributed by atoms with Crippen molar-refractivity contribution in [3.63, 3.8) is 0 Å². The van der Waals surface area contributed by atoms with Gasteiger partial charge in [-0.1, -0.05) is 12.2 Å². The maximum Gasteiger partial charge on any atom is 0.309 e. The molecule has 1 N–H and O–H groups in total. The molecular weight excluding hydrogens is 408 g/mol. The molecule has 9 nitrogen and oxygen atoms in total. The molecule has 0 amide bonds. The second-order valence-corrected chi connectivity index (χ2v) is 7.45. The number of aliphatic hydroxyl groups is 1. The molecule has 2 bridgehead atoms. The highest BCUT2D eigenvalue weighted by molar-refractivity contribution is 5.74. The highest BCUT2D eigenvalue weighted by Gasteiger charge is 2.40. The molecule has 0 saturated heterocycles. The molecule has 3 atom stereocenters. The number of rotatable bonds is 21. The molecule has 1 fully saturated rings. The summed E-state index contributed by atoms with van der Waals surface area (Å²) in [5, 5.41) is 8.54. The molecule has 3 unspecified atom stereocenters. The first-order valence-corrected chi connectivity index (χ1v) is 11.2. The standard InChI is InChI=1S/C22H38O9/c23-3-4-25-5-6-26-7-8-27-9-10-28-11-12-29-13-14-30-15-16-31-22(24)21-18-19-1-2-20(21)17-19/h1-2,19-21,23H,3-18H2. The lowest BCUT2D eigenvalue weighted by atomic mass is 9.94. The largest absolute Gasteiger partial charge is 0.463 e. The number of carbonyl (C=O) groups excluding carboxylic acids is 1. The molecule has 0 spiro atoms. The fraction of sp³-hybridized carbons (Fsp3) is 0.864. The van der Waals surface area contributed by atoms with E-state index in [2.05, 4.69) is 12.2 Å². The lowest BCUT2D eigenvalue weighted by molar-refractivity contribution is -0.151. The van der Waals surface area contributed by atoms with E-state index in [1.54, 1.807) is 0 Å². The van der Waals surface area contributed by atoms with Gasteiger partial charge in [0, 0.05) is 0 Å². The van der Waals surface area contributed by atoms with Crippen LogP contribution < -0.4 is 0 Å². The Bertz CT molecular complexity index is 486. The number of aliphatic hydroxyl groups excluding tert-OH is 1. The minimum Gasteiger partial charge on any atom is -0.463 e. The third kappa shape index (κ3) is 11.9. The molecule has 0 radical (unpaired) electrons. The van der Waals surface area contributed by atoms with Crippen molar-refractivity contribution < 1.29 is 43.1 Å². The fourth-order valence-electron chi connectivity index (χ4n) is 3.63. The summed E-state index contributed by atoms with van der Waals surface area (Å²) in [6.07, 6.45) is 6.40. The van der Waals surface area contributed by atoms with Crippen LogP contribution in [0.4, 0.5) is 0 Å². The lowest BCUT2D eigenvalue weighted by Gasteiger charge is -2.16. The molecule has 2 rings (SSSR count). The zero-order chi connectivity index (χ0) is 22.0. The lowest BCUT2D eigenvalue weighted by Crippen LogP contribution is -2.23. The average Bonchev–Trinajstić information content (AvgIpc) is 3.41. The van der Waals surface area contributed by atoms with Crippen LogP contribution in [0.2, 0.25) is 0 Å². The SMILES string of the molecule is O=C(OCCOCCOCCOCCOCCOCCOCCO)C1CC2C=CC1C2. The van der Waals surface area contributed by atoms with Crippen LogP contribution >= 0.6 is 0 Å². The second kappa shape index (κ2) is 17.5. The molecule has 9 heteroatoms. The first-order chi connectivity index (χ1) is 15.3. The maximum absolute atomic E-state index is 12.1. The Morgan fingerprint density at radius 3 is 1.48 bits per heavy atom. The van der Waals surface area contributed by atoms with Gasteiger partial charge in [-0.05, 0) is 24.7 Å². The van der Waals surface area contributed by atoms with Crippen LogP contribution in [0.1, 0.15) is 12.8 Å². The van der Waals surface area contributed by atoms with Gasteiger partial charge >= 0.3 is 5.97 Å². The topological polar surface area (TPSA) is 102 Å². The van der Waals surface area contributed by atoms with E-state index in [1.165, 1.54) is 0 Å². The van der Waals surface area contributed by atoms with Crippen molar-refractivity contribution in [2.45, 2.75) is 12.8 Å². The van der Waals surface area contributed by atoms with E-state index in [0.29, 0.717) is 97.7 Å². The summed E-state index contributed by atoms with van der Waals surface area (Å²) in [5.41, 5.74) is 0. The number of hydrogen-bond donors (Lipinski definition) is 1. The van der Waals surface area contributed by atoms with E-state index in [9.17, 15) is 4.79 Å². The molecule has 0 aromatic carbocycles. The van der Waals surface area contributed by atoms with Gasteiger partial charge in [-0.25, -0.2) is 0 Å². The van der Waals surface area contributed by atoms with Gasteiger partial charge in [-0.15, -0.1) is 0 Å². The van der Waals surface area contributed by atoms with Crippen molar-refractivity contribution in [3.8, 4) is 0 Å². The molecule has 31 heavy (non-hydrogen) atoms. The molecule has 0 aromatic rings. The molecule has 180 valence electrons. The van der Waals surface area contributed by atoms with Gasteiger partial charge in [0.2, 0.25) is 0 Å². The summed E-state index contributed by atoms with van der Waals surface area (Å²) in [6, 6.07) is 0. The Kier molecular flexibility index (Phi) is 14.8. The van der Waals surface area contributed by atoms with Crippen molar-refractivity contribution in [3.05, 3.63) is 12.2 Å². The van der Waals surface area contributed by atoms with E-state index in [4.69, 9.17) is 38.3 Å². The predicted molar refractivity (Wildman–Crippen MR) is 112 cm³/mol. The Hall–Kier alpha value is -1.07. The zero-order valence-electron chi connectivity index (χ0n) is 18.4. The number of allylic oxidation sites excluding steroid dienone is 2. The van der Waals surface area contributed by atoms with E-state index in [-0.39, 0.29) is 18.5 Å². The first kappa shape index (κ1) is 26.2. The second-order valence-electron chi connectivity index (χ2n) is 7.45. The Balaban J connectivity index is 1.22. The minimum atomic E-state index is -0.0887. The minimum absolute atomic E-state index is 0.0276. The summed E-state index contributed by atoms with van der Waals surface area (Å²) in [7, 11) is 0. The molecule has 0 heterocycles. The Morgan fingerprint density at radius 2 is 1.10 bits per heavy atom. The van der Waals surface area contributed by atoms with E-state index < -0.39 is 0 Å². The number of esters is 1. The molecule has 0 aromatic heterocycles. The van der Waals surface area contributed by atoms with Crippen molar-refractivity contribution >= 4 is 5.97 Å². The van der Waals surface area contributed by atoms with Crippen molar-refractivity contribution in [2.24, 2.45) is 17.8 Å². The van der Waals surface area contributed by atoms with Crippen molar-refractivity contribution in [1.82, 2.24) is 0 Å². The van der Waals surface area contributed by atoms with Crippen LogP contribution in [-0.2, 0) is 38.0 Å². The smallest absolute Gasteiger partial charge is 0.309 e. The maximum atomic E-state index is 12.1. The number of carbonyl (C=O) groups is 1. The van der Waals surface area contributed by atoms with Crippen LogP contribution in [0.25, 0.3) is 0 Å². The van der Waals surface area contributed by atoms with Crippen LogP contribution in [0.3, 0.4) is 0 Å². The molecule has 1 saturated carbocycles. The average molecular weight is 447 g/mol. The quantitative estimate of drug-likeness (QED) is 0.156. The number of fused-ring (bicyclic) bond motifs is 2. The summed E-state index contributed by atoms with van der Waals surface area (Å²) in [4.78, 5) is 12.1. The van der Waals surface area contributed by atoms with E-state index in [1.807, 2.05) is 0 Å². The van der Waals surface area contributed by atoms with E-state index >= 15 is 0 Å². The molecule has 2 aliphatic rings. The third-order valence-electron chi connectivity index (χ3n) is 5.15. The molecule has 2 aliphatic carbocycles. The first-order valence-electron chi connectivity index (χ1n) is 11.2. The predicted octanol–water partition coefficient (Wildman–Crippen LogP) is 0.834. The van der Waals surface area contributed by atoms with Crippen molar-refractivity contribution in [1.29, 1.82) is 0 Å². The monoisotopic (exact) mass is 446 g/mol. The summed E-state index contributed by atoms with van der Waals surface area (Å²) in [6.45, 7) is 5.96. The van der Waals surface area contributed by atoms with Gasteiger partial charge < -0.3 is 38.3 Å². The highest BCUT2D eigenvalue weighted by atomic mass is 16.6. The van der Waals surface area contributed by atoms with Gasteiger partial charge in [0.25, 0.3) is 0 Å². The number of ether oxygens (including phenoxy) is 7. The van der Waals surface area contributed by atoms with Gasteiger partial charge in [0.05, 0.1) is 91.8 Å². The zero-order valence-corrected chi connectivity index (χ0v) is 18.4. The number of hydrogen-bond acceptors (Lipinski definition) is 9. The molecule has 0 aliphatic heterocycles.